The highest BCUT2D eigenvalue weighted by Crippen LogP contribution is 2.28. The van der Waals surface area contributed by atoms with Gasteiger partial charge in [-0.15, -0.1) is 0 Å². The number of rotatable bonds is 6. The van der Waals surface area contributed by atoms with E-state index in [0.29, 0.717) is 6.04 Å². The van der Waals surface area contributed by atoms with E-state index in [1.54, 1.807) is 0 Å². The third kappa shape index (κ3) is 5.46. The minimum absolute atomic E-state index is 0.0225. The van der Waals surface area contributed by atoms with Crippen molar-refractivity contribution in [1.82, 2.24) is 19.6 Å². The van der Waals surface area contributed by atoms with Crippen molar-refractivity contribution in [1.29, 1.82) is 0 Å². The summed E-state index contributed by atoms with van der Waals surface area (Å²) in [7, 11) is 1.91. The molecule has 1 saturated heterocycles. The molecule has 3 rings (SSSR count). The first kappa shape index (κ1) is 21.5. The third-order valence-corrected chi connectivity index (χ3v) is 5.76. The van der Waals surface area contributed by atoms with Gasteiger partial charge in [0.2, 0.25) is 0 Å². The summed E-state index contributed by atoms with van der Waals surface area (Å²) >= 11 is 0. The topological polar surface area (TPSA) is 61.6 Å². The Hall–Kier alpha value is -2.18. The Morgan fingerprint density at radius 3 is 2.38 bits per heavy atom. The van der Waals surface area contributed by atoms with Gasteiger partial charge in [0.1, 0.15) is 0 Å². The Morgan fingerprint density at radius 1 is 1.21 bits per heavy atom. The fourth-order valence-electron chi connectivity index (χ4n) is 4.09. The molecule has 29 heavy (non-hydrogen) atoms. The molecule has 0 saturated carbocycles. The zero-order valence-electron chi connectivity index (χ0n) is 18.4. The average Bonchev–Trinajstić information content (AvgIpc) is 3.06. The lowest BCUT2D eigenvalue weighted by Crippen LogP contribution is -2.44. The van der Waals surface area contributed by atoms with E-state index in [9.17, 15) is 4.79 Å². The highest BCUT2D eigenvalue weighted by Gasteiger charge is 2.27. The molecule has 6 nitrogen and oxygen atoms in total. The summed E-state index contributed by atoms with van der Waals surface area (Å²) in [6, 6.07) is 8.81. The number of benzene rings is 1. The van der Waals surface area contributed by atoms with Crippen molar-refractivity contribution in [2.45, 2.75) is 58.5 Å². The lowest BCUT2D eigenvalue weighted by atomic mass is 9.89. The second kappa shape index (κ2) is 8.67. The molecule has 6 heteroatoms. The number of hydrogen-bond acceptors (Lipinski definition) is 4. The van der Waals surface area contributed by atoms with Crippen molar-refractivity contribution in [2.75, 3.05) is 26.7 Å². The van der Waals surface area contributed by atoms with Crippen molar-refractivity contribution >= 4 is 5.97 Å². The maximum Gasteiger partial charge on any atom is 0.317 e. The Labute approximate surface area is 174 Å². The molecule has 0 amide bonds. The highest BCUT2D eigenvalue weighted by atomic mass is 16.4. The molecule has 1 aliphatic heterocycles. The van der Waals surface area contributed by atoms with Crippen LogP contribution in [0.1, 0.15) is 50.4 Å². The summed E-state index contributed by atoms with van der Waals surface area (Å²) in [5, 5.41) is 14.0. The number of carboxylic acids is 1. The molecule has 1 fully saturated rings. The van der Waals surface area contributed by atoms with Crippen molar-refractivity contribution in [3.8, 4) is 5.69 Å². The van der Waals surface area contributed by atoms with E-state index in [1.807, 2.05) is 16.6 Å². The molecule has 1 aromatic heterocycles. The largest absolute Gasteiger partial charge is 0.480 e. The number of aromatic nitrogens is 2. The molecule has 0 aliphatic carbocycles. The van der Waals surface area contributed by atoms with Gasteiger partial charge in [-0.25, -0.2) is 4.68 Å². The Kier molecular flexibility index (Phi) is 6.44. The van der Waals surface area contributed by atoms with Gasteiger partial charge in [0.15, 0.2) is 0 Å². The minimum Gasteiger partial charge on any atom is -0.480 e. The van der Waals surface area contributed by atoms with Crippen LogP contribution < -0.4 is 0 Å². The molecule has 0 unspecified atom stereocenters. The van der Waals surface area contributed by atoms with Crippen LogP contribution in [0.25, 0.3) is 5.69 Å². The fraction of sp³-hybridized carbons (Fsp3) is 0.565. The standard InChI is InChI=1S/C23H34N4O2/c1-17-6-8-20(9-7-17)27-15-18(22(24-27)23(2,3)4)14-26-12-10-19(11-13-26)25(5)16-21(28)29/h6-9,15,19H,10-14,16H2,1-5H3,(H,28,29). The molecule has 0 atom stereocenters. The molecule has 1 N–H and O–H groups in total. The predicted molar refractivity (Wildman–Crippen MR) is 116 cm³/mol. The molecule has 0 bridgehead atoms. The van der Waals surface area contributed by atoms with E-state index < -0.39 is 5.97 Å². The van der Waals surface area contributed by atoms with Crippen molar-refractivity contribution in [2.24, 2.45) is 0 Å². The average molecular weight is 399 g/mol. The van der Waals surface area contributed by atoms with Crippen LogP contribution in [0.15, 0.2) is 30.5 Å². The summed E-state index contributed by atoms with van der Waals surface area (Å²) in [6.45, 7) is 11.7. The molecule has 1 aromatic carbocycles. The zero-order chi connectivity index (χ0) is 21.2. The summed E-state index contributed by atoms with van der Waals surface area (Å²) in [4.78, 5) is 15.4. The first-order valence-electron chi connectivity index (χ1n) is 10.4. The van der Waals surface area contributed by atoms with E-state index in [4.69, 9.17) is 10.2 Å². The fourth-order valence-corrected chi connectivity index (χ4v) is 4.09. The van der Waals surface area contributed by atoms with Gasteiger partial charge >= 0.3 is 5.97 Å². The molecular formula is C23H34N4O2. The monoisotopic (exact) mass is 398 g/mol. The quantitative estimate of drug-likeness (QED) is 0.807. The van der Waals surface area contributed by atoms with E-state index in [2.05, 4.69) is 63.1 Å². The Bertz CT molecular complexity index is 828. The number of aliphatic carboxylic acids is 1. The number of likely N-dealkylation sites (N-methyl/N-ethyl adjacent to an activating group) is 1. The van der Waals surface area contributed by atoms with Crippen molar-refractivity contribution < 1.29 is 9.90 Å². The van der Waals surface area contributed by atoms with E-state index >= 15 is 0 Å². The summed E-state index contributed by atoms with van der Waals surface area (Å²) in [5.41, 5.74) is 4.72. The van der Waals surface area contributed by atoms with Gasteiger partial charge < -0.3 is 5.11 Å². The molecule has 2 heterocycles. The third-order valence-electron chi connectivity index (χ3n) is 5.76. The Balaban J connectivity index is 1.72. The number of aryl methyl sites for hydroxylation is 1. The van der Waals surface area contributed by atoms with Gasteiger partial charge in [0.05, 0.1) is 17.9 Å². The number of hydrogen-bond donors (Lipinski definition) is 1. The number of nitrogens with zero attached hydrogens (tertiary/aromatic N) is 4. The first-order valence-corrected chi connectivity index (χ1v) is 10.4. The smallest absolute Gasteiger partial charge is 0.317 e. The highest BCUT2D eigenvalue weighted by molar-refractivity contribution is 5.69. The molecule has 0 radical (unpaired) electrons. The Morgan fingerprint density at radius 2 is 1.83 bits per heavy atom. The van der Waals surface area contributed by atoms with Crippen LogP contribution in [-0.2, 0) is 16.8 Å². The number of carbonyl (C=O) groups is 1. The van der Waals surface area contributed by atoms with Gasteiger partial charge in [-0.2, -0.15) is 5.10 Å². The number of piperidine rings is 1. The van der Waals surface area contributed by atoms with Gasteiger partial charge in [-0.05, 0) is 52.0 Å². The van der Waals surface area contributed by atoms with Crippen LogP contribution in [0.2, 0.25) is 0 Å². The normalized spacial score (nSPS) is 16.5. The SMILES string of the molecule is Cc1ccc(-n2cc(CN3CCC(N(C)CC(=O)O)CC3)c(C(C)(C)C)n2)cc1. The number of carboxylic acid groups (broad SMARTS) is 1. The zero-order valence-corrected chi connectivity index (χ0v) is 18.4. The van der Waals surface area contributed by atoms with Gasteiger partial charge in [-0.1, -0.05) is 38.5 Å². The van der Waals surface area contributed by atoms with E-state index in [0.717, 1.165) is 43.9 Å². The molecular weight excluding hydrogens is 364 g/mol. The van der Waals surface area contributed by atoms with Gasteiger partial charge in [0.25, 0.3) is 0 Å². The van der Waals surface area contributed by atoms with Gasteiger partial charge in [-0.3, -0.25) is 14.6 Å². The maximum atomic E-state index is 11.0. The van der Waals surface area contributed by atoms with Gasteiger partial charge in [0, 0.05) is 29.8 Å². The summed E-state index contributed by atoms with van der Waals surface area (Å²) in [5.74, 6) is -0.756. The first-order chi connectivity index (χ1) is 13.6. The van der Waals surface area contributed by atoms with Crippen LogP contribution in [-0.4, -0.2) is 63.4 Å². The lowest BCUT2D eigenvalue weighted by Gasteiger charge is -2.36. The van der Waals surface area contributed by atoms with Crippen LogP contribution >= 0.6 is 0 Å². The number of likely N-dealkylation sites (tertiary alicyclic amines) is 1. The minimum atomic E-state index is -0.756. The lowest BCUT2D eigenvalue weighted by molar-refractivity contribution is -0.138. The van der Waals surface area contributed by atoms with Crippen LogP contribution in [0.3, 0.4) is 0 Å². The van der Waals surface area contributed by atoms with Crippen LogP contribution in [0, 0.1) is 6.92 Å². The van der Waals surface area contributed by atoms with E-state index in [-0.39, 0.29) is 12.0 Å². The van der Waals surface area contributed by atoms with Crippen LogP contribution in [0.5, 0.6) is 0 Å². The van der Waals surface area contributed by atoms with E-state index in [1.165, 1.54) is 11.1 Å². The van der Waals surface area contributed by atoms with Crippen LogP contribution in [0.4, 0.5) is 0 Å². The second-order valence-electron chi connectivity index (χ2n) is 9.35. The van der Waals surface area contributed by atoms with Crippen molar-refractivity contribution in [3.63, 3.8) is 0 Å². The van der Waals surface area contributed by atoms with Crippen molar-refractivity contribution in [3.05, 3.63) is 47.3 Å². The molecule has 2 aromatic rings. The maximum absolute atomic E-state index is 11.0. The predicted octanol–water partition coefficient (Wildman–Crippen LogP) is 3.46. The summed E-state index contributed by atoms with van der Waals surface area (Å²) < 4.78 is 2.00. The molecule has 1 aliphatic rings. The summed E-state index contributed by atoms with van der Waals surface area (Å²) in [6.07, 6.45) is 4.18. The molecule has 0 spiro atoms. The molecule has 158 valence electrons. The second-order valence-corrected chi connectivity index (χ2v) is 9.35.